The van der Waals surface area contributed by atoms with Gasteiger partial charge in [0.05, 0.1) is 0 Å². The van der Waals surface area contributed by atoms with Gasteiger partial charge in [-0.15, -0.1) is 0 Å². The molecule has 5 heteroatoms. The highest BCUT2D eigenvalue weighted by Gasteiger charge is 2.18. The van der Waals surface area contributed by atoms with Gasteiger partial charge in [-0.2, -0.15) is 11.8 Å². The third kappa shape index (κ3) is 8.62. The van der Waals surface area contributed by atoms with Crippen molar-refractivity contribution in [3.8, 4) is 0 Å². The summed E-state index contributed by atoms with van der Waals surface area (Å²) < 4.78 is 15.8. The van der Waals surface area contributed by atoms with Crippen molar-refractivity contribution in [2.75, 3.05) is 31.3 Å². The van der Waals surface area contributed by atoms with Crippen molar-refractivity contribution < 1.29 is 14.0 Å². The van der Waals surface area contributed by atoms with E-state index in [1.165, 1.54) is 0 Å². The maximum Gasteiger partial charge on any atom is 0.639 e. The van der Waals surface area contributed by atoms with E-state index in [0.717, 1.165) is 11.5 Å². The quantitative estimate of drug-likeness (QED) is 0.424. The van der Waals surface area contributed by atoms with Crippen LogP contribution in [0.3, 0.4) is 0 Å². The zero-order valence-electron chi connectivity index (χ0n) is 8.75. The zero-order chi connectivity index (χ0) is 9.94. The number of hydrogen-bond acceptors (Lipinski definition) is 4. The molecule has 0 unspecified atom stereocenters. The van der Waals surface area contributed by atoms with Crippen LogP contribution < -0.4 is 0 Å². The number of hydrogen-bond donors (Lipinski definition) is 0. The molecule has 0 aromatic heterocycles. The molecule has 0 aromatic carbocycles. The van der Waals surface area contributed by atoms with Crippen LogP contribution in [0.5, 0.6) is 0 Å². The first-order valence-electron chi connectivity index (χ1n) is 4.77. The van der Waals surface area contributed by atoms with Gasteiger partial charge in [0.25, 0.3) is 0 Å². The normalized spacial score (nSPS) is 10.4. The summed E-state index contributed by atoms with van der Waals surface area (Å²) in [5, 5.41) is 0. The van der Waals surface area contributed by atoms with Gasteiger partial charge in [-0.1, -0.05) is 6.92 Å². The Morgan fingerprint density at radius 3 is 2.08 bits per heavy atom. The van der Waals surface area contributed by atoms with E-state index in [1.807, 2.05) is 25.6 Å². The minimum atomic E-state index is -0.479. The van der Waals surface area contributed by atoms with Crippen LogP contribution >= 0.6 is 11.8 Å². The maximum atomic E-state index is 5.36. The van der Waals surface area contributed by atoms with Crippen LogP contribution in [0.25, 0.3) is 0 Å². The van der Waals surface area contributed by atoms with Gasteiger partial charge in [0.2, 0.25) is 0 Å². The van der Waals surface area contributed by atoms with Crippen LogP contribution in [0.4, 0.5) is 0 Å². The largest absolute Gasteiger partial charge is 0.639 e. The minimum absolute atomic E-state index is 0.479. The van der Waals surface area contributed by atoms with E-state index in [9.17, 15) is 0 Å². The van der Waals surface area contributed by atoms with Crippen LogP contribution in [-0.2, 0) is 14.0 Å². The molecule has 0 atom stereocenters. The Morgan fingerprint density at radius 1 is 1.00 bits per heavy atom. The molecular weight excluding hydrogens is 187 g/mol. The standard InChI is InChI=1S/C8H19BO3S/c1-4-10-9(11-5-2)12-7-8-13-6-3/h4-8H2,1-3H3. The fraction of sp³-hybridized carbons (Fsp3) is 1.00. The first-order valence-corrected chi connectivity index (χ1v) is 5.93. The van der Waals surface area contributed by atoms with E-state index in [-0.39, 0.29) is 0 Å². The monoisotopic (exact) mass is 206 g/mol. The summed E-state index contributed by atoms with van der Waals surface area (Å²) in [6.45, 7) is 7.90. The lowest BCUT2D eigenvalue weighted by Gasteiger charge is -2.11. The Morgan fingerprint density at radius 2 is 1.62 bits per heavy atom. The smallest absolute Gasteiger partial charge is 0.386 e. The molecule has 0 aliphatic rings. The topological polar surface area (TPSA) is 27.7 Å². The van der Waals surface area contributed by atoms with Gasteiger partial charge in [0, 0.05) is 25.6 Å². The van der Waals surface area contributed by atoms with Crippen LogP contribution in [0.2, 0.25) is 0 Å². The van der Waals surface area contributed by atoms with Crippen molar-refractivity contribution in [3.05, 3.63) is 0 Å². The van der Waals surface area contributed by atoms with Crippen LogP contribution in [0.15, 0.2) is 0 Å². The van der Waals surface area contributed by atoms with Gasteiger partial charge < -0.3 is 14.0 Å². The zero-order valence-corrected chi connectivity index (χ0v) is 9.56. The van der Waals surface area contributed by atoms with Crippen molar-refractivity contribution in [2.45, 2.75) is 20.8 Å². The molecule has 0 aliphatic carbocycles. The van der Waals surface area contributed by atoms with Gasteiger partial charge in [-0.3, -0.25) is 0 Å². The SMILES string of the molecule is CCOB(OCC)OCCSCC. The Hall–Kier alpha value is 0.295. The maximum absolute atomic E-state index is 5.36. The summed E-state index contributed by atoms with van der Waals surface area (Å²) in [5.74, 6) is 2.12. The fourth-order valence-corrected chi connectivity index (χ4v) is 1.27. The molecule has 0 spiro atoms. The van der Waals surface area contributed by atoms with Crippen LogP contribution in [0.1, 0.15) is 20.8 Å². The predicted molar refractivity (Wildman–Crippen MR) is 58.0 cm³/mol. The lowest BCUT2D eigenvalue weighted by Crippen LogP contribution is -2.28. The van der Waals surface area contributed by atoms with Gasteiger partial charge in [-0.25, -0.2) is 0 Å². The Balaban J connectivity index is 3.33. The Kier molecular flexibility index (Phi) is 10.6. The minimum Gasteiger partial charge on any atom is -0.386 e. The lowest BCUT2D eigenvalue weighted by atomic mass is 10.2. The highest BCUT2D eigenvalue weighted by atomic mass is 32.2. The van der Waals surface area contributed by atoms with Crippen molar-refractivity contribution in [2.24, 2.45) is 0 Å². The lowest BCUT2D eigenvalue weighted by molar-refractivity contribution is 0.108. The molecular formula is C8H19BO3S. The first kappa shape index (κ1) is 13.3. The molecule has 0 N–H and O–H groups in total. The third-order valence-electron chi connectivity index (χ3n) is 1.29. The van der Waals surface area contributed by atoms with E-state index >= 15 is 0 Å². The molecule has 0 amide bonds. The van der Waals surface area contributed by atoms with Gasteiger partial charge in [0.15, 0.2) is 0 Å². The molecule has 0 aliphatic heterocycles. The van der Waals surface area contributed by atoms with Crippen LogP contribution in [-0.4, -0.2) is 38.6 Å². The van der Waals surface area contributed by atoms with Gasteiger partial charge in [-0.05, 0) is 19.6 Å². The van der Waals surface area contributed by atoms with Gasteiger partial charge >= 0.3 is 7.32 Å². The highest BCUT2D eigenvalue weighted by molar-refractivity contribution is 7.99. The molecule has 13 heavy (non-hydrogen) atoms. The van der Waals surface area contributed by atoms with E-state index in [1.54, 1.807) is 0 Å². The summed E-state index contributed by atoms with van der Waals surface area (Å²) in [6.07, 6.45) is 0. The molecule has 0 bridgehead atoms. The molecule has 78 valence electrons. The summed E-state index contributed by atoms with van der Waals surface area (Å²) in [6, 6.07) is 0. The molecule has 0 aromatic rings. The summed E-state index contributed by atoms with van der Waals surface area (Å²) in [7, 11) is -0.479. The van der Waals surface area contributed by atoms with Crippen molar-refractivity contribution in [1.82, 2.24) is 0 Å². The predicted octanol–water partition coefficient (Wildman–Crippen LogP) is 1.81. The average Bonchev–Trinajstić information content (AvgIpc) is 2.13. The summed E-state index contributed by atoms with van der Waals surface area (Å²) in [4.78, 5) is 0. The summed E-state index contributed by atoms with van der Waals surface area (Å²) >= 11 is 1.85. The summed E-state index contributed by atoms with van der Waals surface area (Å²) in [5.41, 5.74) is 0. The molecule has 3 nitrogen and oxygen atoms in total. The average molecular weight is 206 g/mol. The van der Waals surface area contributed by atoms with Crippen molar-refractivity contribution in [1.29, 1.82) is 0 Å². The van der Waals surface area contributed by atoms with E-state index in [2.05, 4.69) is 6.92 Å². The van der Waals surface area contributed by atoms with E-state index < -0.39 is 7.32 Å². The van der Waals surface area contributed by atoms with Crippen molar-refractivity contribution in [3.63, 3.8) is 0 Å². The third-order valence-corrected chi connectivity index (χ3v) is 2.15. The fourth-order valence-electron chi connectivity index (χ4n) is 0.764. The second-order valence-electron chi connectivity index (χ2n) is 2.27. The Bertz CT molecular complexity index is 99.4. The highest BCUT2D eigenvalue weighted by Crippen LogP contribution is 1.99. The van der Waals surface area contributed by atoms with Crippen molar-refractivity contribution >= 4 is 19.1 Å². The first-order chi connectivity index (χ1) is 6.35. The van der Waals surface area contributed by atoms with Crippen LogP contribution in [0, 0.1) is 0 Å². The molecule has 0 radical (unpaired) electrons. The molecule has 0 saturated carbocycles. The van der Waals surface area contributed by atoms with E-state index in [4.69, 9.17) is 14.0 Å². The molecule has 0 rings (SSSR count). The molecule has 0 saturated heterocycles. The Labute approximate surface area is 85.7 Å². The number of thioether (sulfide) groups is 1. The van der Waals surface area contributed by atoms with E-state index in [0.29, 0.717) is 19.8 Å². The molecule has 0 heterocycles. The second kappa shape index (κ2) is 10.4. The second-order valence-corrected chi connectivity index (χ2v) is 3.66. The van der Waals surface area contributed by atoms with Gasteiger partial charge in [0.1, 0.15) is 0 Å². The number of rotatable bonds is 9. The molecule has 0 fully saturated rings.